The first kappa shape index (κ1) is 9.78. The van der Waals surface area contributed by atoms with Crippen LogP contribution in [0.4, 0.5) is 5.69 Å². The van der Waals surface area contributed by atoms with E-state index in [4.69, 9.17) is 0 Å². The topological polar surface area (TPSA) is 29.4 Å². The highest BCUT2D eigenvalue weighted by Crippen LogP contribution is 2.19. The van der Waals surface area contributed by atoms with E-state index < -0.39 is 0 Å². The molecule has 0 heterocycles. The molecule has 0 bridgehead atoms. The molecule has 0 unspecified atom stereocenters. The minimum atomic E-state index is 0.0737. The smallest absolute Gasteiger partial charge is 0.164 e. The Kier molecular flexibility index (Phi) is 3.50. The van der Waals surface area contributed by atoms with E-state index in [-0.39, 0.29) is 5.78 Å². The van der Waals surface area contributed by atoms with Gasteiger partial charge in [0.05, 0.1) is 10.8 Å². The molecule has 0 amide bonds. The van der Waals surface area contributed by atoms with Crippen molar-refractivity contribution in [1.29, 1.82) is 0 Å². The molecule has 13 heavy (non-hydrogen) atoms. The van der Waals surface area contributed by atoms with Gasteiger partial charge in [-0.2, -0.15) is 4.99 Å². The predicted octanol–water partition coefficient (Wildman–Crippen LogP) is 3.01. The molecule has 0 atom stereocenters. The van der Waals surface area contributed by atoms with Crippen LogP contribution in [-0.4, -0.2) is 10.9 Å². The summed E-state index contributed by atoms with van der Waals surface area (Å²) >= 11 is 4.49. The minimum absolute atomic E-state index is 0.0737. The number of isothiocyanates is 1. The van der Waals surface area contributed by atoms with Crippen molar-refractivity contribution in [3.8, 4) is 0 Å². The molecule has 1 aromatic carbocycles. The Balaban J connectivity index is 3.18. The van der Waals surface area contributed by atoms with Gasteiger partial charge in [-0.15, -0.1) is 0 Å². The third-order valence-corrected chi connectivity index (χ3v) is 1.78. The van der Waals surface area contributed by atoms with Gasteiger partial charge in [0.1, 0.15) is 0 Å². The second-order valence-electron chi connectivity index (χ2n) is 2.50. The summed E-state index contributed by atoms with van der Waals surface area (Å²) in [5.74, 6) is 0.0737. The van der Waals surface area contributed by atoms with Crippen LogP contribution in [0, 0.1) is 0 Å². The molecule has 1 aromatic rings. The maximum Gasteiger partial charge on any atom is 0.164 e. The largest absolute Gasteiger partial charge is 0.294 e. The molecule has 66 valence electrons. The molecule has 1 rings (SSSR count). The van der Waals surface area contributed by atoms with Gasteiger partial charge in [0, 0.05) is 12.0 Å². The van der Waals surface area contributed by atoms with E-state index in [0.29, 0.717) is 17.7 Å². The monoisotopic (exact) mass is 191 g/mol. The average Bonchev–Trinajstić information content (AvgIpc) is 2.18. The van der Waals surface area contributed by atoms with Crippen molar-refractivity contribution in [2.75, 3.05) is 0 Å². The van der Waals surface area contributed by atoms with Crippen LogP contribution in [0.2, 0.25) is 0 Å². The number of carbonyl (C=O) groups is 1. The highest BCUT2D eigenvalue weighted by Gasteiger charge is 2.06. The Morgan fingerprint density at radius 1 is 1.54 bits per heavy atom. The first-order valence-corrected chi connectivity index (χ1v) is 4.40. The lowest BCUT2D eigenvalue weighted by molar-refractivity contribution is 0.0989. The van der Waals surface area contributed by atoms with Gasteiger partial charge >= 0.3 is 0 Å². The Labute approximate surface area is 82.3 Å². The average molecular weight is 191 g/mol. The van der Waals surface area contributed by atoms with Crippen LogP contribution < -0.4 is 0 Å². The number of para-hydroxylation sites is 1. The van der Waals surface area contributed by atoms with E-state index >= 15 is 0 Å². The Morgan fingerprint density at radius 3 is 2.85 bits per heavy atom. The summed E-state index contributed by atoms with van der Waals surface area (Å²) in [4.78, 5) is 15.2. The van der Waals surface area contributed by atoms with Gasteiger partial charge in [-0.3, -0.25) is 4.79 Å². The van der Waals surface area contributed by atoms with E-state index in [1.807, 2.05) is 19.1 Å². The van der Waals surface area contributed by atoms with Gasteiger partial charge in [-0.05, 0) is 24.4 Å². The van der Waals surface area contributed by atoms with Gasteiger partial charge in [-0.1, -0.05) is 19.1 Å². The van der Waals surface area contributed by atoms with Crippen LogP contribution in [0.5, 0.6) is 0 Å². The lowest BCUT2D eigenvalue weighted by Gasteiger charge is -1.99. The number of benzene rings is 1. The van der Waals surface area contributed by atoms with E-state index in [0.717, 1.165) is 0 Å². The molecular weight excluding hydrogens is 182 g/mol. The summed E-state index contributed by atoms with van der Waals surface area (Å²) in [6.45, 7) is 1.82. The van der Waals surface area contributed by atoms with Crippen molar-refractivity contribution < 1.29 is 4.79 Å². The molecule has 0 saturated carbocycles. The fourth-order valence-electron chi connectivity index (χ4n) is 1.05. The quantitative estimate of drug-likeness (QED) is 0.417. The van der Waals surface area contributed by atoms with Gasteiger partial charge in [0.25, 0.3) is 0 Å². The molecule has 2 nitrogen and oxygen atoms in total. The first-order valence-electron chi connectivity index (χ1n) is 3.99. The van der Waals surface area contributed by atoms with Crippen LogP contribution in [0.25, 0.3) is 0 Å². The number of nitrogens with zero attached hydrogens (tertiary/aromatic N) is 1. The normalized spacial score (nSPS) is 9.00. The fourth-order valence-corrected chi connectivity index (χ4v) is 1.14. The zero-order valence-electron chi connectivity index (χ0n) is 7.28. The zero-order chi connectivity index (χ0) is 9.68. The summed E-state index contributed by atoms with van der Waals surface area (Å²) in [5, 5.41) is 2.26. The number of hydrogen-bond donors (Lipinski definition) is 0. The summed E-state index contributed by atoms with van der Waals surface area (Å²) in [7, 11) is 0. The Morgan fingerprint density at radius 2 is 2.23 bits per heavy atom. The van der Waals surface area contributed by atoms with Crippen molar-refractivity contribution >= 4 is 28.8 Å². The third-order valence-electron chi connectivity index (χ3n) is 1.69. The number of thiocarbonyl (C=S) groups is 1. The summed E-state index contributed by atoms with van der Waals surface area (Å²) < 4.78 is 0. The highest BCUT2D eigenvalue weighted by molar-refractivity contribution is 7.78. The molecule has 0 N–H and O–H groups in total. The number of carbonyl (C=O) groups excluding carboxylic acids is 1. The maximum atomic E-state index is 11.4. The molecule has 0 aliphatic carbocycles. The summed E-state index contributed by atoms with van der Waals surface area (Å²) in [6.07, 6.45) is 0.476. The number of ketones is 1. The Hall–Kier alpha value is -1.31. The van der Waals surface area contributed by atoms with E-state index in [1.54, 1.807) is 12.1 Å². The van der Waals surface area contributed by atoms with Crippen LogP contribution in [0.3, 0.4) is 0 Å². The standard InChI is InChI=1S/C10H9NOS/c1-2-10(12)8-5-3-4-6-9(8)11-7-13/h3-6H,2H2,1H3. The van der Waals surface area contributed by atoms with Crippen LogP contribution in [0.15, 0.2) is 29.3 Å². The van der Waals surface area contributed by atoms with Gasteiger partial charge < -0.3 is 0 Å². The van der Waals surface area contributed by atoms with Gasteiger partial charge in [0.2, 0.25) is 0 Å². The van der Waals surface area contributed by atoms with Crippen LogP contribution in [-0.2, 0) is 0 Å². The van der Waals surface area contributed by atoms with Crippen LogP contribution >= 0.6 is 12.2 Å². The number of hydrogen-bond acceptors (Lipinski definition) is 3. The second-order valence-corrected chi connectivity index (χ2v) is 2.68. The third kappa shape index (κ3) is 2.31. The van der Waals surface area contributed by atoms with Gasteiger partial charge in [-0.25, -0.2) is 0 Å². The maximum absolute atomic E-state index is 11.4. The lowest BCUT2D eigenvalue weighted by atomic mass is 10.1. The fraction of sp³-hybridized carbons (Fsp3) is 0.200. The minimum Gasteiger partial charge on any atom is -0.294 e. The molecule has 0 fully saturated rings. The summed E-state index contributed by atoms with van der Waals surface area (Å²) in [6, 6.07) is 7.13. The van der Waals surface area contributed by atoms with E-state index in [2.05, 4.69) is 22.4 Å². The predicted molar refractivity (Wildman–Crippen MR) is 55.7 cm³/mol. The molecule has 3 heteroatoms. The molecule has 0 aliphatic rings. The zero-order valence-corrected chi connectivity index (χ0v) is 8.10. The van der Waals surface area contributed by atoms with E-state index in [1.165, 1.54) is 0 Å². The number of aliphatic imine (C=N–C) groups is 1. The van der Waals surface area contributed by atoms with Crippen molar-refractivity contribution in [3.05, 3.63) is 29.8 Å². The van der Waals surface area contributed by atoms with Gasteiger partial charge in [0.15, 0.2) is 5.78 Å². The van der Waals surface area contributed by atoms with Crippen LogP contribution in [0.1, 0.15) is 23.7 Å². The SMILES string of the molecule is CCC(=O)c1ccccc1N=C=S. The van der Waals surface area contributed by atoms with Crippen molar-refractivity contribution in [3.63, 3.8) is 0 Å². The molecular formula is C10H9NOS. The van der Waals surface area contributed by atoms with Crippen molar-refractivity contribution in [2.45, 2.75) is 13.3 Å². The molecule has 0 saturated heterocycles. The highest BCUT2D eigenvalue weighted by atomic mass is 32.1. The second kappa shape index (κ2) is 4.65. The van der Waals surface area contributed by atoms with E-state index in [9.17, 15) is 4.79 Å². The number of Topliss-reactive ketones (excluding diaryl/α,β-unsaturated/α-hetero) is 1. The Bertz CT molecular complexity index is 367. The lowest BCUT2D eigenvalue weighted by Crippen LogP contribution is -1.95. The van der Waals surface area contributed by atoms with Crippen molar-refractivity contribution in [2.24, 2.45) is 4.99 Å². The molecule has 0 radical (unpaired) electrons. The first-order chi connectivity index (χ1) is 6.29. The molecule has 0 aliphatic heterocycles. The summed E-state index contributed by atoms with van der Waals surface area (Å²) in [5.41, 5.74) is 1.21. The molecule has 0 aromatic heterocycles. The molecule has 0 spiro atoms. The number of rotatable bonds is 3. The van der Waals surface area contributed by atoms with Crippen molar-refractivity contribution in [1.82, 2.24) is 0 Å².